The highest BCUT2D eigenvalue weighted by atomic mass is 16.2. The minimum atomic E-state index is 0.0446. The molecule has 0 amide bonds. The molecule has 24 heavy (non-hydrogen) atoms. The SMILES string of the molecule is CCCCCCNC(=NC)NCCCn1nc2n(c1=O)CCCC2. The van der Waals surface area contributed by atoms with E-state index >= 15 is 0 Å². The van der Waals surface area contributed by atoms with E-state index in [1.54, 1.807) is 11.7 Å². The van der Waals surface area contributed by atoms with E-state index in [4.69, 9.17) is 0 Å². The van der Waals surface area contributed by atoms with Crippen LogP contribution >= 0.6 is 0 Å². The summed E-state index contributed by atoms with van der Waals surface area (Å²) in [7, 11) is 1.79. The van der Waals surface area contributed by atoms with Crippen LogP contribution in [0.4, 0.5) is 0 Å². The minimum Gasteiger partial charge on any atom is -0.356 e. The van der Waals surface area contributed by atoms with Gasteiger partial charge >= 0.3 is 5.69 Å². The summed E-state index contributed by atoms with van der Waals surface area (Å²) in [5, 5.41) is 11.1. The lowest BCUT2D eigenvalue weighted by Gasteiger charge is -2.11. The molecule has 1 aliphatic rings. The molecular formula is C17H32N6O. The molecule has 0 aromatic carbocycles. The number of nitrogens with one attached hydrogen (secondary N) is 2. The minimum absolute atomic E-state index is 0.0446. The zero-order chi connectivity index (χ0) is 17.2. The maximum absolute atomic E-state index is 12.2. The average Bonchev–Trinajstić information content (AvgIpc) is 2.93. The van der Waals surface area contributed by atoms with E-state index < -0.39 is 0 Å². The molecule has 0 saturated carbocycles. The van der Waals surface area contributed by atoms with Gasteiger partial charge in [-0.3, -0.25) is 9.56 Å². The van der Waals surface area contributed by atoms with E-state index in [1.165, 1.54) is 25.7 Å². The summed E-state index contributed by atoms with van der Waals surface area (Å²) in [4.78, 5) is 16.5. The van der Waals surface area contributed by atoms with Gasteiger partial charge in [-0.05, 0) is 25.7 Å². The van der Waals surface area contributed by atoms with Crippen LogP contribution in [0.2, 0.25) is 0 Å². The maximum atomic E-state index is 12.2. The summed E-state index contributed by atoms with van der Waals surface area (Å²) in [6, 6.07) is 0. The highest BCUT2D eigenvalue weighted by Gasteiger charge is 2.16. The van der Waals surface area contributed by atoms with Crippen molar-refractivity contribution in [1.82, 2.24) is 25.0 Å². The lowest BCUT2D eigenvalue weighted by Crippen LogP contribution is -2.38. The Morgan fingerprint density at radius 2 is 1.96 bits per heavy atom. The number of rotatable bonds is 9. The summed E-state index contributed by atoms with van der Waals surface area (Å²) in [5.41, 5.74) is 0.0446. The van der Waals surface area contributed by atoms with Crippen molar-refractivity contribution in [3.05, 3.63) is 16.3 Å². The van der Waals surface area contributed by atoms with Crippen LogP contribution in [0.5, 0.6) is 0 Å². The van der Waals surface area contributed by atoms with Crippen molar-refractivity contribution >= 4 is 5.96 Å². The van der Waals surface area contributed by atoms with Crippen LogP contribution in [0.1, 0.15) is 57.7 Å². The molecule has 7 heteroatoms. The molecule has 2 rings (SSSR count). The number of hydrogen-bond acceptors (Lipinski definition) is 3. The molecule has 0 radical (unpaired) electrons. The van der Waals surface area contributed by atoms with Crippen molar-refractivity contribution in [2.45, 2.75) is 71.4 Å². The third kappa shape index (κ3) is 5.39. The lowest BCUT2D eigenvalue weighted by molar-refractivity contribution is 0.509. The van der Waals surface area contributed by atoms with Gasteiger partial charge in [0.1, 0.15) is 5.82 Å². The zero-order valence-corrected chi connectivity index (χ0v) is 15.2. The molecule has 2 heterocycles. The van der Waals surface area contributed by atoms with Crippen molar-refractivity contribution in [2.75, 3.05) is 20.1 Å². The predicted molar refractivity (Wildman–Crippen MR) is 97.5 cm³/mol. The summed E-state index contributed by atoms with van der Waals surface area (Å²) in [6.07, 6.45) is 8.97. The Hall–Kier alpha value is -1.79. The van der Waals surface area contributed by atoms with Crippen molar-refractivity contribution in [2.24, 2.45) is 4.99 Å². The smallest absolute Gasteiger partial charge is 0.345 e. The van der Waals surface area contributed by atoms with Crippen molar-refractivity contribution < 1.29 is 0 Å². The van der Waals surface area contributed by atoms with Gasteiger partial charge in [0.05, 0.1) is 0 Å². The number of unbranched alkanes of at least 4 members (excludes halogenated alkanes) is 3. The molecule has 0 saturated heterocycles. The van der Waals surface area contributed by atoms with Crippen LogP contribution in [-0.2, 0) is 19.5 Å². The van der Waals surface area contributed by atoms with Crippen LogP contribution < -0.4 is 16.3 Å². The second-order valence-corrected chi connectivity index (χ2v) is 6.37. The van der Waals surface area contributed by atoms with Crippen LogP contribution in [0.25, 0.3) is 0 Å². The second kappa shape index (κ2) is 10.2. The van der Waals surface area contributed by atoms with Gasteiger partial charge in [-0.2, -0.15) is 5.10 Å². The van der Waals surface area contributed by atoms with Gasteiger partial charge in [0.25, 0.3) is 0 Å². The van der Waals surface area contributed by atoms with E-state index in [0.717, 1.165) is 57.1 Å². The molecule has 1 aromatic heterocycles. The van der Waals surface area contributed by atoms with Gasteiger partial charge in [0.2, 0.25) is 0 Å². The van der Waals surface area contributed by atoms with E-state index in [2.05, 4.69) is 27.6 Å². The number of aliphatic imine (C=N–C) groups is 1. The quantitative estimate of drug-likeness (QED) is 0.407. The van der Waals surface area contributed by atoms with Gasteiger partial charge in [-0.1, -0.05) is 26.2 Å². The first kappa shape index (κ1) is 18.5. The highest BCUT2D eigenvalue weighted by Crippen LogP contribution is 2.09. The van der Waals surface area contributed by atoms with Gasteiger partial charge in [0, 0.05) is 39.6 Å². The summed E-state index contributed by atoms with van der Waals surface area (Å²) < 4.78 is 3.44. The molecule has 0 atom stereocenters. The van der Waals surface area contributed by atoms with E-state index in [-0.39, 0.29) is 5.69 Å². The Balaban J connectivity index is 1.67. The van der Waals surface area contributed by atoms with Gasteiger partial charge in [-0.25, -0.2) is 9.48 Å². The monoisotopic (exact) mass is 336 g/mol. The lowest BCUT2D eigenvalue weighted by atomic mass is 10.2. The fourth-order valence-electron chi connectivity index (χ4n) is 3.01. The Kier molecular flexibility index (Phi) is 7.85. The molecule has 1 aliphatic heterocycles. The van der Waals surface area contributed by atoms with Gasteiger partial charge in [-0.15, -0.1) is 0 Å². The average molecular weight is 336 g/mol. The molecule has 0 spiro atoms. The molecule has 136 valence electrons. The van der Waals surface area contributed by atoms with Crippen LogP contribution in [0, 0.1) is 0 Å². The Morgan fingerprint density at radius 1 is 1.17 bits per heavy atom. The van der Waals surface area contributed by atoms with Crippen LogP contribution in [-0.4, -0.2) is 40.4 Å². The first-order valence-electron chi connectivity index (χ1n) is 9.37. The third-order valence-electron chi connectivity index (χ3n) is 4.42. The summed E-state index contributed by atoms with van der Waals surface area (Å²) in [6.45, 7) is 5.42. The number of hydrogen-bond donors (Lipinski definition) is 2. The first-order chi connectivity index (χ1) is 11.8. The molecule has 2 N–H and O–H groups in total. The first-order valence-corrected chi connectivity index (χ1v) is 9.37. The molecule has 0 aliphatic carbocycles. The van der Waals surface area contributed by atoms with Gasteiger partial charge in [0.15, 0.2) is 5.96 Å². The predicted octanol–water partition coefficient (Wildman–Crippen LogP) is 1.52. The second-order valence-electron chi connectivity index (χ2n) is 6.37. The van der Waals surface area contributed by atoms with Crippen LogP contribution in [0.15, 0.2) is 9.79 Å². The van der Waals surface area contributed by atoms with Gasteiger partial charge < -0.3 is 10.6 Å². The Morgan fingerprint density at radius 3 is 2.67 bits per heavy atom. The topological polar surface area (TPSA) is 76.2 Å². The van der Waals surface area contributed by atoms with Crippen molar-refractivity contribution in [1.29, 1.82) is 0 Å². The summed E-state index contributed by atoms with van der Waals surface area (Å²) in [5.74, 6) is 1.78. The van der Waals surface area contributed by atoms with Crippen molar-refractivity contribution in [3.8, 4) is 0 Å². The summed E-state index contributed by atoms with van der Waals surface area (Å²) >= 11 is 0. The largest absolute Gasteiger partial charge is 0.356 e. The normalized spacial score (nSPS) is 14.5. The molecule has 0 fully saturated rings. The molecule has 0 bridgehead atoms. The fourth-order valence-corrected chi connectivity index (χ4v) is 3.01. The molecule has 7 nitrogen and oxygen atoms in total. The zero-order valence-electron chi connectivity index (χ0n) is 15.2. The maximum Gasteiger partial charge on any atom is 0.345 e. The van der Waals surface area contributed by atoms with E-state index in [0.29, 0.717) is 6.54 Å². The third-order valence-corrected chi connectivity index (χ3v) is 4.42. The van der Waals surface area contributed by atoms with E-state index in [1.807, 2.05) is 4.57 Å². The number of guanidine groups is 1. The Labute approximate surface area is 144 Å². The van der Waals surface area contributed by atoms with Crippen molar-refractivity contribution in [3.63, 3.8) is 0 Å². The fraction of sp³-hybridized carbons (Fsp3) is 0.824. The number of fused-ring (bicyclic) bond motifs is 1. The number of aryl methyl sites for hydroxylation is 2. The molecule has 0 unspecified atom stereocenters. The standard InChI is InChI=1S/C17H32N6O/c1-3-4-5-7-11-19-16(18-2)20-12-9-14-23-17(24)22-13-8-6-10-15(22)21-23/h3-14H2,1-2H3,(H2,18,19,20). The number of nitrogens with zero attached hydrogens (tertiary/aromatic N) is 4. The molecular weight excluding hydrogens is 304 g/mol. The van der Waals surface area contributed by atoms with E-state index in [9.17, 15) is 4.79 Å². The number of aromatic nitrogens is 3. The highest BCUT2D eigenvalue weighted by molar-refractivity contribution is 5.79. The Bertz CT molecular complexity index is 574. The van der Waals surface area contributed by atoms with Crippen LogP contribution in [0.3, 0.4) is 0 Å². The molecule has 1 aromatic rings.